The van der Waals surface area contributed by atoms with Crippen molar-refractivity contribution in [3.63, 3.8) is 0 Å². The second kappa shape index (κ2) is 5.35. The van der Waals surface area contributed by atoms with Gasteiger partial charge in [-0.05, 0) is 6.92 Å². The van der Waals surface area contributed by atoms with Gasteiger partial charge in [0, 0.05) is 12.6 Å². The van der Waals surface area contributed by atoms with E-state index in [9.17, 15) is 0 Å². The van der Waals surface area contributed by atoms with E-state index >= 15 is 0 Å². The number of rotatable bonds is 2. The molecule has 9 heavy (non-hydrogen) atoms. The van der Waals surface area contributed by atoms with Crippen LogP contribution >= 0.6 is 0 Å². The number of hydrogen-bond donors (Lipinski definition) is 0. The predicted molar refractivity (Wildman–Crippen MR) is 39.5 cm³/mol. The second-order valence-electron chi connectivity index (χ2n) is 1.56. The molecule has 0 rings (SSSR count). The van der Waals surface area contributed by atoms with Gasteiger partial charge in [-0.25, -0.2) is 4.99 Å². The molecule has 0 aliphatic heterocycles. The molecule has 0 radical (unpaired) electrons. The first-order valence-corrected chi connectivity index (χ1v) is 3.07. The molecule has 2 heteroatoms. The number of ether oxygens (including phenoxy) is 1. The van der Waals surface area contributed by atoms with Crippen LogP contribution in [0.1, 0.15) is 20.3 Å². The van der Waals surface area contributed by atoms with Crippen molar-refractivity contribution in [1.82, 2.24) is 0 Å². The number of allylic oxidation sites excluding steroid dienone is 1. The zero-order valence-electron chi connectivity index (χ0n) is 6.22. The Morgan fingerprint density at radius 3 is 2.67 bits per heavy atom. The van der Waals surface area contributed by atoms with Gasteiger partial charge in [0.25, 0.3) is 0 Å². The van der Waals surface area contributed by atoms with Crippen molar-refractivity contribution in [3.05, 3.63) is 12.3 Å². The Morgan fingerprint density at radius 2 is 2.33 bits per heavy atom. The molecule has 0 bridgehead atoms. The van der Waals surface area contributed by atoms with Gasteiger partial charge in [-0.15, -0.1) is 0 Å². The van der Waals surface area contributed by atoms with Gasteiger partial charge >= 0.3 is 0 Å². The minimum absolute atomic E-state index is 0.771. The SMILES string of the molecule is C/C=C\N=C(CC)OC. The number of nitrogens with zero attached hydrogens (tertiary/aromatic N) is 1. The van der Waals surface area contributed by atoms with Crippen molar-refractivity contribution < 1.29 is 4.74 Å². The predicted octanol–water partition coefficient (Wildman–Crippen LogP) is 1.97. The molecular formula is C7H13NO. The van der Waals surface area contributed by atoms with E-state index in [4.69, 9.17) is 4.74 Å². The molecule has 2 nitrogen and oxygen atoms in total. The molecule has 0 aliphatic carbocycles. The Balaban J connectivity index is 3.75. The minimum atomic E-state index is 0.771. The van der Waals surface area contributed by atoms with Crippen LogP contribution < -0.4 is 0 Å². The van der Waals surface area contributed by atoms with Crippen LogP contribution in [0.15, 0.2) is 17.3 Å². The van der Waals surface area contributed by atoms with Gasteiger partial charge in [0.1, 0.15) is 0 Å². The Bertz CT molecular complexity index is 110. The van der Waals surface area contributed by atoms with E-state index in [1.807, 2.05) is 19.9 Å². The second-order valence-corrected chi connectivity index (χ2v) is 1.56. The van der Waals surface area contributed by atoms with Crippen LogP contribution in [0.3, 0.4) is 0 Å². The van der Waals surface area contributed by atoms with Crippen molar-refractivity contribution >= 4 is 5.90 Å². The van der Waals surface area contributed by atoms with Crippen LogP contribution in [0.25, 0.3) is 0 Å². The summed E-state index contributed by atoms with van der Waals surface area (Å²) < 4.78 is 4.90. The zero-order valence-corrected chi connectivity index (χ0v) is 6.22. The van der Waals surface area contributed by atoms with Crippen LogP contribution in [-0.4, -0.2) is 13.0 Å². The summed E-state index contributed by atoms with van der Waals surface area (Å²) in [6.45, 7) is 3.93. The summed E-state index contributed by atoms with van der Waals surface area (Å²) in [4.78, 5) is 3.99. The van der Waals surface area contributed by atoms with E-state index in [0.29, 0.717) is 0 Å². The highest BCUT2D eigenvalue weighted by Gasteiger charge is 1.86. The summed E-state index contributed by atoms with van der Waals surface area (Å²) in [5.74, 6) is 0.771. The normalized spacial score (nSPS) is 12.6. The van der Waals surface area contributed by atoms with Crippen molar-refractivity contribution in [1.29, 1.82) is 0 Å². The first kappa shape index (κ1) is 8.21. The molecule has 0 saturated carbocycles. The van der Waals surface area contributed by atoms with E-state index in [-0.39, 0.29) is 0 Å². The Labute approximate surface area is 56.2 Å². The van der Waals surface area contributed by atoms with E-state index in [1.165, 1.54) is 0 Å². The largest absolute Gasteiger partial charge is 0.484 e. The van der Waals surface area contributed by atoms with Gasteiger partial charge in [-0.3, -0.25) is 0 Å². The molecule has 0 aromatic heterocycles. The number of aliphatic imine (C=N–C) groups is 1. The van der Waals surface area contributed by atoms with Gasteiger partial charge in [0.2, 0.25) is 0 Å². The number of hydrogen-bond acceptors (Lipinski definition) is 2. The molecular weight excluding hydrogens is 114 g/mol. The fourth-order valence-electron chi connectivity index (χ4n) is 0.446. The molecule has 0 aromatic carbocycles. The van der Waals surface area contributed by atoms with Crippen molar-refractivity contribution in [2.24, 2.45) is 4.99 Å². The average Bonchev–Trinajstić information content (AvgIpc) is 1.91. The summed E-state index contributed by atoms with van der Waals surface area (Å²) in [6, 6.07) is 0. The third-order valence-corrected chi connectivity index (χ3v) is 0.906. The van der Waals surface area contributed by atoms with Gasteiger partial charge in [0.05, 0.1) is 7.11 Å². The van der Waals surface area contributed by atoms with Crippen molar-refractivity contribution in [3.8, 4) is 0 Å². The lowest BCUT2D eigenvalue weighted by Gasteiger charge is -1.96. The standard InChI is InChI=1S/C7H13NO/c1-4-6-8-7(5-2)9-3/h4,6H,5H2,1-3H3/b6-4-,8-7?. The number of methoxy groups -OCH3 is 1. The first-order chi connectivity index (χ1) is 4.35. The van der Waals surface area contributed by atoms with Crippen LogP contribution in [0.5, 0.6) is 0 Å². The molecule has 52 valence electrons. The van der Waals surface area contributed by atoms with Gasteiger partial charge in [-0.2, -0.15) is 0 Å². The van der Waals surface area contributed by atoms with Gasteiger partial charge < -0.3 is 4.74 Å². The lowest BCUT2D eigenvalue weighted by Crippen LogP contribution is -1.96. The molecule has 0 heterocycles. The Morgan fingerprint density at radius 1 is 1.67 bits per heavy atom. The summed E-state index contributed by atoms with van der Waals surface area (Å²) in [7, 11) is 1.63. The molecule has 0 aromatic rings. The zero-order chi connectivity index (χ0) is 7.11. The maximum atomic E-state index is 4.90. The topological polar surface area (TPSA) is 21.6 Å². The summed E-state index contributed by atoms with van der Waals surface area (Å²) in [6.07, 6.45) is 4.44. The minimum Gasteiger partial charge on any atom is -0.484 e. The third-order valence-electron chi connectivity index (χ3n) is 0.906. The highest BCUT2D eigenvalue weighted by atomic mass is 16.5. The molecule has 0 atom stereocenters. The van der Waals surface area contributed by atoms with Gasteiger partial charge in [-0.1, -0.05) is 13.0 Å². The van der Waals surface area contributed by atoms with Gasteiger partial charge in [0.15, 0.2) is 5.90 Å². The highest BCUT2D eigenvalue weighted by Crippen LogP contribution is 1.87. The fraction of sp³-hybridized carbons (Fsp3) is 0.571. The summed E-state index contributed by atoms with van der Waals surface area (Å²) in [5, 5.41) is 0. The molecule has 0 spiro atoms. The summed E-state index contributed by atoms with van der Waals surface area (Å²) >= 11 is 0. The molecule has 0 amide bonds. The Kier molecular flexibility index (Phi) is 4.88. The average molecular weight is 127 g/mol. The van der Waals surface area contributed by atoms with E-state index in [2.05, 4.69) is 4.99 Å². The van der Waals surface area contributed by atoms with E-state index in [0.717, 1.165) is 12.3 Å². The lowest BCUT2D eigenvalue weighted by atomic mass is 10.5. The van der Waals surface area contributed by atoms with Crippen molar-refractivity contribution in [2.75, 3.05) is 7.11 Å². The first-order valence-electron chi connectivity index (χ1n) is 3.07. The van der Waals surface area contributed by atoms with E-state index in [1.54, 1.807) is 13.3 Å². The fourth-order valence-corrected chi connectivity index (χ4v) is 0.446. The summed E-state index contributed by atoms with van der Waals surface area (Å²) in [5.41, 5.74) is 0. The van der Waals surface area contributed by atoms with Crippen LogP contribution in [0.4, 0.5) is 0 Å². The van der Waals surface area contributed by atoms with Crippen LogP contribution in [0, 0.1) is 0 Å². The van der Waals surface area contributed by atoms with Crippen LogP contribution in [0.2, 0.25) is 0 Å². The van der Waals surface area contributed by atoms with Crippen molar-refractivity contribution in [2.45, 2.75) is 20.3 Å². The monoisotopic (exact) mass is 127 g/mol. The Hall–Kier alpha value is -0.790. The quantitative estimate of drug-likeness (QED) is 0.410. The third kappa shape index (κ3) is 3.76. The molecule has 0 unspecified atom stereocenters. The molecule has 0 saturated heterocycles. The maximum Gasteiger partial charge on any atom is 0.187 e. The van der Waals surface area contributed by atoms with Crippen LogP contribution in [-0.2, 0) is 4.74 Å². The molecule has 0 aliphatic rings. The maximum absolute atomic E-state index is 4.90. The lowest BCUT2D eigenvalue weighted by molar-refractivity contribution is 0.392. The van der Waals surface area contributed by atoms with E-state index < -0.39 is 0 Å². The molecule has 0 fully saturated rings. The molecule has 0 N–H and O–H groups in total. The smallest absolute Gasteiger partial charge is 0.187 e. The highest BCUT2D eigenvalue weighted by molar-refractivity contribution is 5.76.